The summed E-state index contributed by atoms with van der Waals surface area (Å²) in [6.45, 7) is 2.72. The molecule has 0 aliphatic heterocycles. The lowest BCUT2D eigenvalue weighted by Crippen LogP contribution is -2.53. The van der Waals surface area contributed by atoms with Gasteiger partial charge in [-0.25, -0.2) is 13.2 Å². The molecule has 0 spiro atoms. The molecule has 32 heavy (non-hydrogen) atoms. The lowest BCUT2D eigenvalue weighted by Gasteiger charge is -2.28. The van der Waals surface area contributed by atoms with Crippen LogP contribution in [0.3, 0.4) is 0 Å². The summed E-state index contributed by atoms with van der Waals surface area (Å²) in [4.78, 5) is 23.8. The van der Waals surface area contributed by atoms with E-state index in [2.05, 4.69) is 0 Å². The molecule has 2 aromatic carbocycles. The zero-order chi connectivity index (χ0) is 23.9. The summed E-state index contributed by atoms with van der Waals surface area (Å²) in [5.41, 5.74) is -0.145. The Hall–Kier alpha value is -3.05. The Morgan fingerprint density at radius 2 is 1.66 bits per heavy atom. The zero-order valence-electron chi connectivity index (χ0n) is 17.7. The van der Waals surface area contributed by atoms with Gasteiger partial charge in [0.25, 0.3) is 5.91 Å². The minimum atomic E-state index is -4.46. The highest BCUT2D eigenvalue weighted by Crippen LogP contribution is 2.33. The highest BCUT2D eigenvalue weighted by atomic mass is 32.2. The number of hydrogen-bond donors (Lipinski definition) is 2. The van der Waals surface area contributed by atoms with Crippen molar-refractivity contribution in [2.45, 2.75) is 36.7 Å². The molecule has 0 saturated heterocycles. The Kier molecular flexibility index (Phi) is 8.28. The highest BCUT2D eigenvalue weighted by Gasteiger charge is 2.50. The number of esters is 1. The van der Waals surface area contributed by atoms with E-state index in [0.717, 1.165) is 0 Å². The molecular formula is C21H24F2N2O6S. The maximum Gasteiger partial charge on any atom is 0.344 e. The molecule has 0 aliphatic rings. The Morgan fingerprint density at radius 1 is 1.06 bits per heavy atom. The molecule has 0 aliphatic carbocycles. The van der Waals surface area contributed by atoms with E-state index in [1.54, 1.807) is 6.07 Å². The van der Waals surface area contributed by atoms with Gasteiger partial charge in [0, 0.05) is 0 Å². The number of carbonyl (C=O) groups is 2. The largest absolute Gasteiger partial charge is 0.497 e. The lowest BCUT2D eigenvalue weighted by molar-refractivity contribution is -0.155. The van der Waals surface area contributed by atoms with Crippen molar-refractivity contribution in [2.75, 3.05) is 13.7 Å². The minimum absolute atomic E-state index is 0.00371. The fourth-order valence-corrected chi connectivity index (χ4v) is 3.95. The van der Waals surface area contributed by atoms with E-state index in [-0.39, 0.29) is 17.1 Å². The predicted octanol–water partition coefficient (Wildman–Crippen LogP) is 2.42. The van der Waals surface area contributed by atoms with Gasteiger partial charge in [0.1, 0.15) is 17.8 Å². The van der Waals surface area contributed by atoms with E-state index in [0.29, 0.717) is 5.75 Å². The van der Waals surface area contributed by atoms with Crippen molar-refractivity contribution in [2.24, 2.45) is 0 Å². The van der Waals surface area contributed by atoms with Crippen molar-refractivity contribution >= 4 is 21.9 Å². The molecule has 1 amide bonds. The normalized spacial score (nSPS) is 13.7. The van der Waals surface area contributed by atoms with E-state index >= 15 is 8.78 Å². The number of amides is 1. The second kappa shape index (κ2) is 10.5. The van der Waals surface area contributed by atoms with Crippen molar-refractivity contribution in [1.82, 2.24) is 10.0 Å². The summed E-state index contributed by atoms with van der Waals surface area (Å²) in [6.07, 6.45) is 0. The number of carbonyl (C=O) groups excluding carboxylic acids is 2. The number of hydrogen-bond acceptors (Lipinski definition) is 6. The van der Waals surface area contributed by atoms with Gasteiger partial charge in [-0.1, -0.05) is 30.3 Å². The molecule has 0 bridgehead atoms. The molecule has 0 aromatic heterocycles. The van der Waals surface area contributed by atoms with Crippen LogP contribution in [0.5, 0.6) is 5.75 Å². The first-order valence-electron chi connectivity index (χ1n) is 9.59. The van der Waals surface area contributed by atoms with Gasteiger partial charge >= 0.3 is 11.9 Å². The van der Waals surface area contributed by atoms with Gasteiger partial charge in [-0.15, -0.1) is 0 Å². The van der Waals surface area contributed by atoms with Crippen molar-refractivity contribution < 1.29 is 36.3 Å². The van der Waals surface area contributed by atoms with Crippen LogP contribution in [0, 0.1) is 0 Å². The third-order valence-corrected chi connectivity index (χ3v) is 5.87. The van der Waals surface area contributed by atoms with Gasteiger partial charge in [0.05, 0.1) is 18.6 Å². The van der Waals surface area contributed by atoms with Gasteiger partial charge in [0.15, 0.2) is 0 Å². The molecule has 2 atom stereocenters. The van der Waals surface area contributed by atoms with Gasteiger partial charge in [0.2, 0.25) is 10.0 Å². The smallest absolute Gasteiger partial charge is 0.344 e. The average molecular weight is 470 g/mol. The Bertz CT molecular complexity index is 1030. The van der Waals surface area contributed by atoms with Crippen molar-refractivity contribution in [1.29, 1.82) is 0 Å². The molecule has 2 aromatic rings. The first-order valence-corrected chi connectivity index (χ1v) is 11.1. The highest BCUT2D eigenvalue weighted by molar-refractivity contribution is 7.89. The van der Waals surface area contributed by atoms with Gasteiger partial charge < -0.3 is 14.8 Å². The lowest BCUT2D eigenvalue weighted by atomic mass is 10.0. The fourth-order valence-electron chi connectivity index (χ4n) is 2.73. The Morgan fingerprint density at radius 3 is 2.19 bits per heavy atom. The molecule has 2 rings (SSSR count). The summed E-state index contributed by atoms with van der Waals surface area (Å²) < 4.78 is 67.7. The zero-order valence-corrected chi connectivity index (χ0v) is 18.5. The number of methoxy groups -OCH3 is 1. The van der Waals surface area contributed by atoms with E-state index in [4.69, 9.17) is 9.47 Å². The van der Waals surface area contributed by atoms with Crippen molar-refractivity contribution in [3.8, 4) is 5.75 Å². The first kappa shape index (κ1) is 25.2. The topological polar surface area (TPSA) is 111 Å². The van der Waals surface area contributed by atoms with Crippen LogP contribution >= 0.6 is 0 Å². The number of halogens is 2. The summed E-state index contributed by atoms with van der Waals surface area (Å²) >= 11 is 0. The number of alkyl halides is 2. The SMILES string of the molecule is CCOC(=O)C(C)NC(=O)C(F)(F)C(NS(=O)(=O)c1ccc(OC)cc1)c1ccccc1. The van der Waals surface area contributed by atoms with Crippen molar-refractivity contribution in [3.63, 3.8) is 0 Å². The molecule has 2 unspecified atom stereocenters. The minimum Gasteiger partial charge on any atom is -0.497 e. The van der Waals surface area contributed by atoms with Crippen LogP contribution in [0.1, 0.15) is 25.5 Å². The van der Waals surface area contributed by atoms with Crippen LogP contribution in [-0.4, -0.2) is 46.0 Å². The van der Waals surface area contributed by atoms with Crippen LogP contribution in [0.25, 0.3) is 0 Å². The van der Waals surface area contributed by atoms with Gasteiger partial charge in [-0.05, 0) is 43.7 Å². The van der Waals surface area contributed by atoms with Crippen molar-refractivity contribution in [3.05, 3.63) is 60.2 Å². The second-order valence-electron chi connectivity index (χ2n) is 6.71. The Labute approximate surface area is 185 Å². The Balaban J connectivity index is 2.37. The summed E-state index contributed by atoms with van der Waals surface area (Å²) in [5, 5.41) is 1.88. The molecule has 0 heterocycles. The molecule has 174 valence electrons. The standard InChI is InChI=1S/C21H24F2N2O6S/c1-4-31-19(26)14(2)24-20(27)21(22,23)18(15-8-6-5-7-9-15)25-32(28,29)17-12-10-16(30-3)11-13-17/h5-14,18,25H,4H2,1-3H3,(H,24,27). The molecular weight excluding hydrogens is 446 g/mol. The van der Waals surface area contributed by atoms with Crippen LogP contribution < -0.4 is 14.8 Å². The van der Waals surface area contributed by atoms with E-state index < -0.39 is 39.9 Å². The average Bonchev–Trinajstić information content (AvgIpc) is 2.78. The summed E-state index contributed by atoms with van der Waals surface area (Å²) in [7, 11) is -3.07. The van der Waals surface area contributed by atoms with E-state index in [9.17, 15) is 18.0 Å². The molecule has 0 saturated carbocycles. The third kappa shape index (κ3) is 6.01. The first-order chi connectivity index (χ1) is 15.0. The van der Waals surface area contributed by atoms with Gasteiger partial charge in [-0.2, -0.15) is 13.5 Å². The molecule has 11 heteroatoms. The van der Waals surface area contributed by atoms with Crippen LogP contribution in [-0.2, 0) is 24.3 Å². The van der Waals surface area contributed by atoms with Crippen LogP contribution in [0.2, 0.25) is 0 Å². The van der Waals surface area contributed by atoms with Crippen LogP contribution in [0.4, 0.5) is 8.78 Å². The molecule has 0 radical (unpaired) electrons. The monoisotopic (exact) mass is 470 g/mol. The fraction of sp³-hybridized carbons (Fsp3) is 0.333. The number of nitrogens with one attached hydrogen (secondary N) is 2. The third-order valence-electron chi connectivity index (χ3n) is 4.43. The maximum absolute atomic E-state index is 15.2. The number of sulfonamides is 1. The maximum atomic E-state index is 15.2. The molecule has 0 fully saturated rings. The number of rotatable bonds is 10. The summed E-state index contributed by atoms with van der Waals surface area (Å²) in [6, 6.07) is 8.42. The predicted molar refractivity (Wildman–Crippen MR) is 112 cm³/mol. The van der Waals surface area contributed by atoms with E-state index in [1.807, 2.05) is 10.0 Å². The quantitative estimate of drug-likeness (QED) is 0.516. The van der Waals surface area contributed by atoms with Crippen LogP contribution in [0.15, 0.2) is 59.5 Å². The van der Waals surface area contributed by atoms with E-state index in [1.165, 1.54) is 69.5 Å². The summed E-state index contributed by atoms with van der Waals surface area (Å²) in [5.74, 6) is -6.60. The number of benzene rings is 2. The molecule has 8 nitrogen and oxygen atoms in total. The molecule has 2 N–H and O–H groups in total. The van der Waals surface area contributed by atoms with Gasteiger partial charge in [-0.3, -0.25) is 4.79 Å². The number of ether oxygens (including phenoxy) is 2. The second-order valence-corrected chi connectivity index (χ2v) is 8.42.